The Kier molecular flexibility index (Phi) is 3.84. The van der Waals surface area contributed by atoms with Crippen LogP contribution in [0.25, 0.3) is 0 Å². The number of sulfonamides is 1. The van der Waals surface area contributed by atoms with E-state index in [1.165, 1.54) is 6.07 Å². The maximum absolute atomic E-state index is 12.2. The Morgan fingerprint density at radius 1 is 1.33 bits per heavy atom. The van der Waals surface area contributed by atoms with Crippen LogP contribution in [0.3, 0.4) is 0 Å². The maximum Gasteiger partial charge on any atom is 0.242 e. The van der Waals surface area contributed by atoms with Crippen molar-refractivity contribution in [2.45, 2.75) is 43.5 Å². The first-order valence-electron chi connectivity index (χ1n) is 5.98. The summed E-state index contributed by atoms with van der Waals surface area (Å²) >= 11 is 6.00. The Morgan fingerprint density at radius 2 is 1.94 bits per heavy atom. The summed E-state index contributed by atoms with van der Waals surface area (Å²) in [5.74, 6) is 0. The lowest BCUT2D eigenvalue weighted by atomic mass is 10.2. The summed E-state index contributed by atoms with van der Waals surface area (Å²) in [5, 5.41) is 0.215. The topological polar surface area (TPSA) is 72.2 Å². The molecule has 1 aromatic carbocycles. The van der Waals surface area contributed by atoms with Crippen LogP contribution in [0.5, 0.6) is 0 Å². The molecule has 0 aromatic heterocycles. The number of nitrogens with one attached hydrogen (secondary N) is 1. The highest BCUT2D eigenvalue weighted by Gasteiger charge is 2.25. The van der Waals surface area contributed by atoms with Crippen molar-refractivity contribution in [1.29, 1.82) is 0 Å². The molecule has 6 heteroatoms. The number of nitrogen functional groups attached to an aromatic ring is 1. The fourth-order valence-electron chi connectivity index (χ4n) is 2.20. The van der Waals surface area contributed by atoms with E-state index in [0.29, 0.717) is 5.69 Å². The van der Waals surface area contributed by atoms with E-state index >= 15 is 0 Å². The summed E-state index contributed by atoms with van der Waals surface area (Å²) in [6.07, 6.45) is 3.91. The average Bonchev–Trinajstić information content (AvgIpc) is 2.75. The largest absolute Gasteiger partial charge is 0.398 e. The molecule has 1 fully saturated rings. The van der Waals surface area contributed by atoms with Crippen LogP contribution in [0.4, 0.5) is 5.69 Å². The lowest BCUT2D eigenvalue weighted by Gasteiger charge is -2.14. The first kappa shape index (κ1) is 13.6. The molecule has 0 heterocycles. The number of aryl methyl sites for hydroxylation is 1. The number of rotatable bonds is 3. The lowest BCUT2D eigenvalue weighted by Crippen LogP contribution is -2.32. The zero-order valence-corrected chi connectivity index (χ0v) is 11.8. The predicted molar refractivity (Wildman–Crippen MR) is 73.2 cm³/mol. The second-order valence-electron chi connectivity index (χ2n) is 4.74. The van der Waals surface area contributed by atoms with E-state index in [9.17, 15) is 8.42 Å². The van der Waals surface area contributed by atoms with Gasteiger partial charge < -0.3 is 5.73 Å². The molecule has 0 unspecified atom stereocenters. The van der Waals surface area contributed by atoms with E-state index in [1.54, 1.807) is 13.0 Å². The minimum absolute atomic E-state index is 0.0218. The molecule has 0 saturated heterocycles. The molecule has 0 atom stereocenters. The van der Waals surface area contributed by atoms with Gasteiger partial charge in [0.05, 0.1) is 5.02 Å². The predicted octanol–water partition coefficient (Wildman–Crippen LogP) is 2.45. The second-order valence-corrected chi connectivity index (χ2v) is 6.83. The zero-order chi connectivity index (χ0) is 13.3. The molecule has 18 heavy (non-hydrogen) atoms. The molecule has 0 amide bonds. The molecule has 2 rings (SSSR count). The van der Waals surface area contributed by atoms with E-state index in [4.69, 9.17) is 17.3 Å². The van der Waals surface area contributed by atoms with Gasteiger partial charge in [0.25, 0.3) is 0 Å². The third-order valence-corrected chi connectivity index (χ3v) is 5.27. The molecular weight excluding hydrogens is 272 g/mol. The van der Waals surface area contributed by atoms with Crippen LogP contribution in [0.1, 0.15) is 31.2 Å². The van der Waals surface area contributed by atoms with E-state index in [2.05, 4.69) is 4.72 Å². The third kappa shape index (κ3) is 2.79. The molecular formula is C12H17ClN2O2S. The highest BCUT2D eigenvalue weighted by molar-refractivity contribution is 7.89. The van der Waals surface area contributed by atoms with Gasteiger partial charge in [-0.05, 0) is 37.5 Å². The van der Waals surface area contributed by atoms with Crippen molar-refractivity contribution in [2.75, 3.05) is 5.73 Å². The van der Waals surface area contributed by atoms with Crippen molar-refractivity contribution in [3.05, 3.63) is 22.7 Å². The number of anilines is 1. The van der Waals surface area contributed by atoms with Crippen LogP contribution in [0.2, 0.25) is 5.02 Å². The van der Waals surface area contributed by atoms with Crippen LogP contribution in [0, 0.1) is 6.92 Å². The average molecular weight is 289 g/mol. The van der Waals surface area contributed by atoms with E-state index in [1.807, 2.05) is 0 Å². The minimum atomic E-state index is -3.58. The highest BCUT2D eigenvalue weighted by atomic mass is 35.5. The van der Waals surface area contributed by atoms with Crippen molar-refractivity contribution in [2.24, 2.45) is 0 Å². The van der Waals surface area contributed by atoms with Crippen molar-refractivity contribution in [1.82, 2.24) is 4.72 Å². The molecule has 0 bridgehead atoms. The highest BCUT2D eigenvalue weighted by Crippen LogP contribution is 2.28. The molecule has 1 aromatic rings. The normalized spacial score (nSPS) is 17.2. The second kappa shape index (κ2) is 5.07. The summed E-state index contributed by atoms with van der Waals surface area (Å²) in [5.41, 5.74) is 6.96. The number of halogens is 1. The van der Waals surface area contributed by atoms with Gasteiger partial charge in [-0.25, -0.2) is 13.1 Å². The SMILES string of the molecule is Cc1cc(Cl)c(S(=O)(=O)NC2CCCC2)cc1N. The quantitative estimate of drug-likeness (QED) is 0.839. The Hall–Kier alpha value is -0.780. The summed E-state index contributed by atoms with van der Waals surface area (Å²) in [6, 6.07) is 3.03. The third-order valence-electron chi connectivity index (χ3n) is 3.29. The number of hydrogen-bond acceptors (Lipinski definition) is 3. The van der Waals surface area contributed by atoms with Gasteiger partial charge >= 0.3 is 0 Å². The summed E-state index contributed by atoms with van der Waals surface area (Å²) < 4.78 is 27.1. The number of benzene rings is 1. The van der Waals surface area contributed by atoms with E-state index < -0.39 is 10.0 Å². The molecule has 1 aliphatic carbocycles. The van der Waals surface area contributed by atoms with Gasteiger partial charge in [-0.3, -0.25) is 0 Å². The standard InChI is InChI=1S/C12H17ClN2O2S/c1-8-6-10(13)12(7-11(8)14)18(16,17)15-9-4-2-3-5-9/h6-7,9,15H,2-5,14H2,1H3. The molecule has 0 radical (unpaired) electrons. The van der Waals surface area contributed by atoms with Crippen LogP contribution >= 0.6 is 11.6 Å². The van der Waals surface area contributed by atoms with E-state index in [-0.39, 0.29) is 16.0 Å². The van der Waals surface area contributed by atoms with Gasteiger partial charge in [0.15, 0.2) is 0 Å². The molecule has 1 saturated carbocycles. The molecule has 100 valence electrons. The van der Waals surface area contributed by atoms with E-state index in [0.717, 1.165) is 31.2 Å². The zero-order valence-electron chi connectivity index (χ0n) is 10.2. The number of hydrogen-bond donors (Lipinski definition) is 2. The Bertz CT molecular complexity index is 551. The molecule has 0 aliphatic heterocycles. The van der Waals surface area contributed by atoms with Crippen LogP contribution in [-0.4, -0.2) is 14.5 Å². The molecule has 4 nitrogen and oxygen atoms in total. The van der Waals surface area contributed by atoms with Crippen LogP contribution in [0.15, 0.2) is 17.0 Å². The molecule has 1 aliphatic rings. The van der Waals surface area contributed by atoms with Crippen molar-refractivity contribution in [3.8, 4) is 0 Å². The van der Waals surface area contributed by atoms with Gasteiger partial charge in [-0.2, -0.15) is 0 Å². The fraction of sp³-hybridized carbons (Fsp3) is 0.500. The first-order valence-corrected chi connectivity index (χ1v) is 7.84. The van der Waals surface area contributed by atoms with Gasteiger partial charge in [0.1, 0.15) is 4.90 Å². The van der Waals surface area contributed by atoms with Crippen LogP contribution < -0.4 is 10.5 Å². The lowest BCUT2D eigenvalue weighted by molar-refractivity contribution is 0.552. The van der Waals surface area contributed by atoms with Crippen molar-refractivity contribution in [3.63, 3.8) is 0 Å². The Labute approximate surface area is 113 Å². The molecule has 0 spiro atoms. The summed E-state index contributed by atoms with van der Waals surface area (Å²) in [7, 11) is -3.58. The van der Waals surface area contributed by atoms with Crippen molar-refractivity contribution < 1.29 is 8.42 Å². The first-order chi connectivity index (χ1) is 8.40. The van der Waals surface area contributed by atoms with Gasteiger partial charge in [-0.15, -0.1) is 0 Å². The maximum atomic E-state index is 12.2. The fourth-order valence-corrected chi connectivity index (χ4v) is 4.12. The summed E-state index contributed by atoms with van der Waals surface area (Å²) in [4.78, 5) is 0.0687. The van der Waals surface area contributed by atoms with Gasteiger partial charge in [0.2, 0.25) is 10.0 Å². The summed E-state index contributed by atoms with van der Waals surface area (Å²) in [6.45, 7) is 1.79. The van der Waals surface area contributed by atoms with Crippen molar-refractivity contribution >= 4 is 27.3 Å². The van der Waals surface area contributed by atoms with Crippen LogP contribution in [-0.2, 0) is 10.0 Å². The Balaban J connectivity index is 2.31. The Morgan fingerprint density at radius 3 is 2.56 bits per heavy atom. The molecule has 3 N–H and O–H groups in total. The van der Waals surface area contributed by atoms with Gasteiger partial charge in [0, 0.05) is 11.7 Å². The minimum Gasteiger partial charge on any atom is -0.398 e. The monoisotopic (exact) mass is 288 g/mol. The number of nitrogens with two attached hydrogens (primary N) is 1. The van der Waals surface area contributed by atoms with Gasteiger partial charge in [-0.1, -0.05) is 24.4 Å². The smallest absolute Gasteiger partial charge is 0.242 e.